The summed E-state index contributed by atoms with van der Waals surface area (Å²) in [6.07, 6.45) is 2.03. The van der Waals surface area contributed by atoms with Gasteiger partial charge in [0.05, 0.1) is 13.0 Å². The quantitative estimate of drug-likeness (QED) is 0.764. The Morgan fingerprint density at radius 1 is 1.19 bits per heavy atom. The van der Waals surface area contributed by atoms with Crippen molar-refractivity contribution in [1.82, 2.24) is 15.1 Å². The van der Waals surface area contributed by atoms with Gasteiger partial charge in [0, 0.05) is 31.5 Å². The number of aromatic nitrogens is 2. The van der Waals surface area contributed by atoms with Gasteiger partial charge >= 0.3 is 5.97 Å². The number of likely N-dealkylation sites (tertiary alicyclic amines) is 1. The fourth-order valence-electron chi connectivity index (χ4n) is 3.07. The molecule has 0 spiro atoms. The van der Waals surface area contributed by atoms with E-state index < -0.39 is 0 Å². The molecule has 0 aliphatic carbocycles. The molecule has 7 nitrogen and oxygen atoms in total. The Balaban J connectivity index is 1.49. The third-order valence-electron chi connectivity index (χ3n) is 4.70. The molecule has 2 aromatic rings. The second kappa shape index (κ2) is 8.12. The SMILES string of the molecule is COC(=O)C1CCN(C(=O)CCc2nnc(-c3ccc(C)cc3)o2)CC1. The first-order valence-electron chi connectivity index (χ1n) is 8.82. The molecule has 0 bridgehead atoms. The molecule has 1 aromatic carbocycles. The van der Waals surface area contributed by atoms with E-state index >= 15 is 0 Å². The Labute approximate surface area is 152 Å². The molecule has 0 saturated carbocycles. The Bertz CT molecular complexity index is 761. The smallest absolute Gasteiger partial charge is 0.308 e. The summed E-state index contributed by atoms with van der Waals surface area (Å²) < 4.78 is 10.4. The summed E-state index contributed by atoms with van der Waals surface area (Å²) in [6.45, 7) is 3.18. The van der Waals surface area contributed by atoms with Gasteiger partial charge in [0.1, 0.15) is 0 Å². The Kier molecular flexibility index (Phi) is 5.65. The molecule has 138 valence electrons. The van der Waals surface area contributed by atoms with E-state index in [1.807, 2.05) is 31.2 Å². The van der Waals surface area contributed by atoms with Crippen LogP contribution in [0.5, 0.6) is 0 Å². The molecule has 1 fully saturated rings. The molecule has 0 unspecified atom stereocenters. The molecular formula is C19H23N3O4. The second-order valence-corrected chi connectivity index (χ2v) is 6.55. The van der Waals surface area contributed by atoms with Crippen LogP contribution in [-0.2, 0) is 20.7 Å². The topological polar surface area (TPSA) is 85.5 Å². The number of rotatable bonds is 5. The minimum absolute atomic E-state index is 0.0448. The van der Waals surface area contributed by atoms with E-state index in [2.05, 4.69) is 10.2 Å². The van der Waals surface area contributed by atoms with Crippen LogP contribution < -0.4 is 0 Å². The van der Waals surface area contributed by atoms with Crippen LogP contribution in [0, 0.1) is 12.8 Å². The minimum Gasteiger partial charge on any atom is -0.469 e. The molecule has 1 aromatic heterocycles. The summed E-state index contributed by atoms with van der Waals surface area (Å²) in [5.41, 5.74) is 2.03. The molecular weight excluding hydrogens is 334 g/mol. The lowest BCUT2D eigenvalue weighted by atomic mass is 9.97. The maximum absolute atomic E-state index is 12.4. The van der Waals surface area contributed by atoms with Gasteiger partial charge in [-0.15, -0.1) is 10.2 Å². The van der Waals surface area contributed by atoms with Crippen LogP contribution in [0.2, 0.25) is 0 Å². The summed E-state index contributed by atoms with van der Waals surface area (Å²) in [5.74, 6) is 0.678. The summed E-state index contributed by atoms with van der Waals surface area (Å²) in [6, 6.07) is 7.84. The predicted octanol–water partition coefficient (Wildman–Crippen LogP) is 2.39. The highest BCUT2D eigenvalue weighted by Crippen LogP contribution is 2.21. The average molecular weight is 357 g/mol. The summed E-state index contributed by atoms with van der Waals surface area (Å²) >= 11 is 0. The monoisotopic (exact) mass is 357 g/mol. The van der Waals surface area contributed by atoms with Crippen LogP contribution in [0.15, 0.2) is 28.7 Å². The van der Waals surface area contributed by atoms with Gasteiger partial charge in [0.2, 0.25) is 17.7 Å². The molecule has 0 atom stereocenters. The number of hydrogen-bond donors (Lipinski definition) is 0. The minimum atomic E-state index is -0.188. The van der Waals surface area contributed by atoms with Crippen molar-refractivity contribution >= 4 is 11.9 Å². The van der Waals surface area contributed by atoms with Crippen LogP contribution in [0.3, 0.4) is 0 Å². The molecule has 0 radical (unpaired) electrons. The third kappa shape index (κ3) is 4.28. The number of methoxy groups -OCH3 is 1. The van der Waals surface area contributed by atoms with Crippen molar-refractivity contribution in [3.05, 3.63) is 35.7 Å². The lowest BCUT2D eigenvalue weighted by Crippen LogP contribution is -2.40. The first-order chi connectivity index (χ1) is 12.6. The van der Waals surface area contributed by atoms with Gasteiger partial charge in [0.25, 0.3) is 0 Å². The first kappa shape index (κ1) is 18.1. The first-order valence-corrected chi connectivity index (χ1v) is 8.82. The van der Waals surface area contributed by atoms with Crippen LogP contribution in [0.25, 0.3) is 11.5 Å². The molecule has 1 amide bonds. The number of carbonyl (C=O) groups is 2. The highest BCUT2D eigenvalue weighted by atomic mass is 16.5. The summed E-state index contributed by atoms with van der Waals surface area (Å²) in [5, 5.41) is 8.08. The molecule has 1 saturated heterocycles. The van der Waals surface area contributed by atoms with Crippen molar-refractivity contribution in [1.29, 1.82) is 0 Å². The number of nitrogens with zero attached hydrogens (tertiary/aromatic N) is 3. The van der Waals surface area contributed by atoms with Gasteiger partial charge in [-0.1, -0.05) is 17.7 Å². The Hall–Kier alpha value is -2.70. The van der Waals surface area contributed by atoms with Gasteiger partial charge in [-0.05, 0) is 31.9 Å². The van der Waals surface area contributed by atoms with Crippen molar-refractivity contribution in [2.75, 3.05) is 20.2 Å². The molecule has 7 heteroatoms. The number of aryl methyl sites for hydroxylation is 2. The van der Waals surface area contributed by atoms with E-state index in [1.165, 1.54) is 7.11 Å². The summed E-state index contributed by atoms with van der Waals surface area (Å²) in [4.78, 5) is 25.7. The molecule has 3 rings (SSSR count). The fraction of sp³-hybridized carbons (Fsp3) is 0.474. The Morgan fingerprint density at radius 3 is 2.54 bits per heavy atom. The van der Waals surface area contributed by atoms with Crippen molar-refractivity contribution < 1.29 is 18.7 Å². The lowest BCUT2D eigenvalue weighted by Gasteiger charge is -2.30. The van der Waals surface area contributed by atoms with Crippen LogP contribution in [0.1, 0.15) is 30.7 Å². The van der Waals surface area contributed by atoms with Gasteiger partial charge in [0.15, 0.2) is 0 Å². The van der Waals surface area contributed by atoms with Gasteiger partial charge in [-0.25, -0.2) is 0 Å². The number of piperidine rings is 1. The molecule has 2 heterocycles. The zero-order chi connectivity index (χ0) is 18.5. The number of esters is 1. The summed E-state index contributed by atoms with van der Waals surface area (Å²) in [7, 11) is 1.40. The van der Waals surface area contributed by atoms with E-state index in [0.717, 1.165) is 11.1 Å². The average Bonchev–Trinajstić information content (AvgIpc) is 3.15. The number of carbonyl (C=O) groups excluding carboxylic acids is 2. The molecule has 1 aliphatic rings. The van der Waals surface area contributed by atoms with Gasteiger partial charge in [-0.2, -0.15) is 0 Å². The maximum Gasteiger partial charge on any atom is 0.308 e. The van der Waals surface area contributed by atoms with Gasteiger partial charge in [-0.3, -0.25) is 9.59 Å². The molecule has 1 aliphatic heterocycles. The standard InChI is InChI=1S/C19H23N3O4/c1-13-3-5-14(6-4-13)18-21-20-16(26-18)7-8-17(23)22-11-9-15(10-12-22)19(24)25-2/h3-6,15H,7-12H2,1-2H3. The van der Waals surface area contributed by atoms with E-state index in [1.54, 1.807) is 4.90 Å². The highest BCUT2D eigenvalue weighted by Gasteiger charge is 2.27. The predicted molar refractivity (Wildman–Crippen MR) is 94.1 cm³/mol. The zero-order valence-corrected chi connectivity index (χ0v) is 15.1. The Morgan fingerprint density at radius 2 is 1.88 bits per heavy atom. The van der Waals surface area contributed by atoms with E-state index in [9.17, 15) is 9.59 Å². The largest absolute Gasteiger partial charge is 0.469 e. The zero-order valence-electron chi connectivity index (χ0n) is 15.1. The van der Waals surface area contributed by atoms with Crippen LogP contribution in [-0.4, -0.2) is 47.2 Å². The van der Waals surface area contributed by atoms with Crippen molar-refractivity contribution in [2.45, 2.75) is 32.6 Å². The van der Waals surface area contributed by atoms with Gasteiger partial charge < -0.3 is 14.1 Å². The normalized spacial score (nSPS) is 15.1. The number of ether oxygens (including phenoxy) is 1. The fourth-order valence-corrected chi connectivity index (χ4v) is 3.07. The van der Waals surface area contributed by atoms with E-state index in [4.69, 9.17) is 9.15 Å². The molecule has 26 heavy (non-hydrogen) atoms. The second-order valence-electron chi connectivity index (χ2n) is 6.55. The van der Waals surface area contributed by atoms with Crippen molar-refractivity contribution in [2.24, 2.45) is 5.92 Å². The maximum atomic E-state index is 12.4. The number of amides is 1. The number of benzene rings is 1. The molecule has 0 N–H and O–H groups in total. The van der Waals surface area contributed by atoms with E-state index in [0.29, 0.717) is 50.6 Å². The van der Waals surface area contributed by atoms with E-state index in [-0.39, 0.29) is 17.8 Å². The van der Waals surface area contributed by atoms with Crippen molar-refractivity contribution in [3.63, 3.8) is 0 Å². The van der Waals surface area contributed by atoms with Crippen molar-refractivity contribution in [3.8, 4) is 11.5 Å². The van der Waals surface area contributed by atoms with Crippen LogP contribution in [0.4, 0.5) is 0 Å². The van der Waals surface area contributed by atoms with Crippen LogP contribution >= 0.6 is 0 Å². The third-order valence-corrected chi connectivity index (χ3v) is 4.70. The highest BCUT2D eigenvalue weighted by molar-refractivity contribution is 5.77. The lowest BCUT2D eigenvalue weighted by molar-refractivity contribution is -0.148. The number of hydrogen-bond acceptors (Lipinski definition) is 6.